The van der Waals surface area contributed by atoms with Crippen molar-refractivity contribution in [3.05, 3.63) is 0 Å². The summed E-state index contributed by atoms with van der Waals surface area (Å²) in [4.78, 5) is 0. The lowest BCUT2D eigenvalue weighted by Crippen LogP contribution is -2.30. The molecule has 0 aromatic carbocycles. The largest absolute Gasteiger partial charge is 0.319 e. The standard InChI is InChI=1S/C7H16N3/c1-8-4-7-5-9-2-3-10-6-7/h7-9H,2-6H2,1H3. The molecule has 1 aliphatic rings. The molecule has 0 spiro atoms. The van der Waals surface area contributed by atoms with Crippen molar-refractivity contribution in [2.75, 3.05) is 39.8 Å². The molecule has 1 heterocycles. The van der Waals surface area contributed by atoms with Gasteiger partial charge in [-0.3, -0.25) is 0 Å². The second-order valence-electron chi connectivity index (χ2n) is 2.76. The van der Waals surface area contributed by atoms with Gasteiger partial charge in [-0.25, -0.2) is 5.32 Å². The van der Waals surface area contributed by atoms with Crippen LogP contribution in [0.5, 0.6) is 0 Å². The molecule has 0 aromatic rings. The van der Waals surface area contributed by atoms with Gasteiger partial charge in [0, 0.05) is 32.7 Å². The van der Waals surface area contributed by atoms with Crippen LogP contribution < -0.4 is 16.0 Å². The van der Waals surface area contributed by atoms with E-state index < -0.39 is 0 Å². The Morgan fingerprint density at radius 3 is 3.40 bits per heavy atom. The zero-order chi connectivity index (χ0) is 7.23. The Morgan fingerprint density at radius 1 is 1.70 bits per heavy atom. The van der Waals surface area contributed by atoms with Crippen LogP contribution in [0.3, 0.4) is 0 Å². The summed E-state index contributed by atoms with van der Waals surface area (Å²) >= 11 is 0. The maximum Gasteiger partial charge on any atom is 0.0258 e. The lowest BCUT2D eigenvalue weighted by Gasteiger charge is -2.11. The molecule has 0 amide bonds. The molecular formula is C7H16N3. The first-order valence-electron chi connectivity index (χ1n) is 3.92. The van der Waals surface area contributed by atoms with Gasteiger partial charge in [0.1, 0.15) is 0 Å². The maximum absolute atomic E-state index is 4.37. The molecule has 1 saturated heterocycles. The van der Waals surface area contributed by atoms with Gasteiger partial charge in [0.2, 0.25) is 0 Å². The molecule has 10 heavy (non-hydrogen) atoms. The van der Waals surface area contributed by atoms with E-state index in [2.05, 4.69) is 16.0 Å². The van der Waals surface area contributed by atoms with Gasteiger partial charge >= 0.3 is 0 Å². The van der Waals surface area contributed by atoms with Crippen LogP contribution in [0, 0.1) is 5.92 Å². The Hall–Kier alpha value is -0.120. The molecule has 1 radical (unpaired) electrons. The highest BCUT2D eigenvalue weighted by atomic mass is 15.0. The average molecular weight is 142 g/mol. The molecule has 0 aliphatic carbocycles. The highest BCUT2D eigenvalue weighted by Gasteiger charge is 2.09. The summed E-state index contributed by atoms with van der Waals surface area (Å²) < 4.78 is 0. The number of hydrogen-bond acceptors (Lipinski definition) is 2. The summed E-state index contributed by atoms with van der Waals surface area (Å²) in [6.45, 7) is 5.26. The Kier molecular flexibility index (Phi) is 3.72. The molecule has 1 fully saturated rings. The summed E-state index contributed by atoms with van der Waals surface area (Å²) in [5.41, 5.74) is 0. The van der Waals surface area contributed by atoms with E-state index in [0.29, 0.717) is 5.92 Å². The second-order valence-corrected chi connectivity index (χ2v) is 2.76. The molecule has 0 bridgehead atoms. The van der Waals surface area contributed by atoms with E-state index >= 15 is 0 Å². The van der Waals surface area contributed by atoms with Crippen molar-refractivity contribution < 1.29 is 0 Å². The van der Waals surface area contributed by atoms with E-state index in [4.69, 9.17) is 0 Å². The summed E-state index contributed by atoms with van der Waals surface area (Å²) in [7, 11) is 1.99. The molecule has 1 unspecified atom stereocenters. The van der Waals surface area contributed by atoms with Crippen LogP contribution in [-0.4, -0.2) is 39.8 Å². The first-order valence-corrected chi connectivity index (χ1v) is 3.92. The number of nitrogens with one attached hydrogen (secondary N) is 2. The van der Waals surface area contributed by atoms with Gasteiger partial charge in [0.25, 0.3) is 0 Å². The van der Waals surface area contributed by atoms with Gasteiger partial charge in [-0.15, -0.1) is 0 Å². The van der Waals surface area contributed by atoms with E-state index in [-0.39, 0.29) is 0 Å². The fourth-order valence-electron chi connectivity index (χ4n) is 1.23. The predicted molar refractivity (Wildman–Crippen MR) is 42.2 cm³/mol. The molecule has 59 valence electrons. The van der Waals surface area contributed by atoms with Crippen molar-refractivity contribution in [3.8, 4) is 0 Å². The van der Waals surface area contributed by atoms with Gasteiger partial charge in [-0.2, -0.15) is 0 Å². The SMILES string of the molecule is CNCC1C[N]CCNC1. The topological polar surface area (TPSA) is 38.2 Å². The van der Waals surface area contributed by atoms with Gasteiger partial charge in [0.05, 0.1) is 0 Å². The van der Waals surface area contributed by atoms with E-state index in [0.717, 1.165) is 32.7 Å². The zero-order valence-corrected chi connectivity index (χ0v) is 6.56. The van der Waals surface area contributed by atoms with Gasteiger partial charge in [-0.05, 0) is 13.0 Å². The monoisotopic (exact) mass is 142 g/mol. The van der Waals surface area contributed by atoms with Gasteiger partial charge in [-0.1, -0.05) is 0 Å². The Labute approximate surface area is 62.6 Å². The lowest BCUT2D eigenvalue weighted by atomic mass is 10.1. The molecule has 1 atom stereocenters. The first-order chi connectivity index (χ1) is 4.93. The number of hydrogen-bond donors (Lipinski definition) is 2. The maximum atomic E-state index is 4.37. The van der Waals surface area contributed by atoms with Crippen molar-refractivity contribution in [2.24, 2.45) is 5.92 Å². The number of nitrogens with zero attached hydrogens (tertiary/aromatic N) is 1. The van der Waals surface area contributed by atoms with Crippen LogP contribution in [0.25, 0.3) is 0 Å². The van der Waals surface area contributed by atoms with Crippen molar-refractivity contribution in [1.82, 2.24) is 16.0 Å². The third-order valence-electron chi connectivity index (χ3n) is 1.76. The van der Waals surface area contributed by atoms with E-state index in [9.17, 15) is 0 Å². The summed E-state index contributed by atoms with van der Waals surface area (Å²) in [6, 6.07) is 0. The van der Waals surface area contributed by atoms with Crippen LogP contribution in [0.4, 0.5) is 0 Å². The molecule has 3 nitrogen and oxygen atoms in total. The quantitative estimate of drug-likeness (QED) is 0.520. The third kappa shape index (κ3) is 2.64. The van der Waals surface area contributed by atoms with Gasteiger partial charge in [0.15, 0.2) is 0 Å². The van der Waals surface area contributed by atoms with Crippen LogP contribution >= 0.6 is 0 Å². The van der Waals surface area contributed by atoms with Crippen molar-refractivity contribution in [1.29, 1.82) is 0 Å². The molecule has 3 heteroatoms. The molecule has 0 saturated carbocycles. The summed E-state index contributed by atoms with van der Waals surface area (Å²) in [5, 5.41) is 10.9. The Balaban J connectivity index is 2.15. The smallest absolute Gasteiger partial charge is 0.0258 e. The highest BCUT2D eigenvalue weighted by molar-refractivity contribution is 4.70. The molecule has 2 N–H and O–H groups in total. The van der Waals surface area contributed by atoms with Crippen LogP contribution in [0.2, 0.25) is 0 Å². The average Bonchev–Trinajstić information content (AvgIpc) is 2.17. The van der Waals surface area contributed by atoms with E-state index in [1.165, 1.54) is 0 Å². The first kappa shape index (κ1) is 7.98. The van der Waals surface area contributed by atoms with Crippen molar-refractivity contribution in [3.63, 3.8) is 0 Å². The second kappa shape index (κ2) is 4.66. The minimum Gasteiger partial charge on any atom is -0.319 e. The van der Waals surface area contributed by atoms with Crippen molar-refractivity contribution >= 4 is 0 Å². The highest BCUT2D eigenvalue weighted by Crippen LogP contribution is 1.93. The van der Waals surface area contributed by atoms with Crippen LogP contribution in [-0.2, 0) is 0 Å². The minimum absolute atomic E-state index is 0.701. The zero-order valence-electron chi connectivity index (χ0n) is 6.56. The van der Waals surface area contributed by atoms with Gasteiger partial charge < -0.3 is 10.6 Å². The number of rotatable bonds is 2. The minimum atomic E-state index is 0.701. The van der Waals surface area contributed by atoms with E-state index in [1.807, 2.05) is 7.05 Å². The molecular weight excluding hydrogens is 126 g/mol. The fraction of sp³-hybridized carbons (Fsp3) is 1.00. The normalized spacial score (nSPS) is 22.5. The summed E-state index contributed by atoms with van der Waals surface area (Å²) in [5.74, 6) is 0.701. The van der Waals surface area contributed by atoms with Crippen LogP contribution in [0.1, 0.15) is 0 Å². The Bertz CT molecular complexity index is 76.9. The molecule has 0 aromatic heterocycles. The van der Waals surface area contributed by atoms with E-state index in [1.54, 1.807) is 0 Å². The predicted octanol–water partition coefficient (Wildman–Crippen LogP) is -0.970. The molecule has 1 rings (SSSR count). The summed E-state index contributed by atoms with van der Waals surface area (Å²) in [6.07, 6.45) is 0. The van der Waals surface area contributed by atoms with Crippen LogP contribution in [0.15, 0.2) is 0 Å². The Morgan fingerprint density at radius 2 is 2.60 bits per heavy atom. The fourth-order valence-corrected chi connectivity index (χ4v) is 1.23. The lowest BCUT2D eigenvalue weighted by molar-refractivity contribution is 0.474. The molecule has 1 aliphatic heterocycles. The third-order valence-corrected chi connectivity index (χ3v) is 1.76. The van der Waals surface area contributed by atoms with Crippen molar-refractivity contribution in [2.45, 2.75) is 0 Å².